The maximum absolute atomic E-state index is 14.2. The van der Waals surface area contributed by atoms with Crippen molar-refractivity contribution in [2.45, 2.75) is 0 Å². The van der Waals surface area contributed by atoms with E-state index in [1.807, 2.05) is 42.5 Å². The van der Waals surface area contributed by atoms with Crippen molar-refractivity contribution >= 4 is 10.8 Å². The molecule has 0 spiro atoms. The van der Waals surface area contributed by atoms with Gasteiger partial charge in [-0.15, -0.1) is 0 Å². The van der Waals surface area contributed by atoms with Gasteiger partial charge in [0, 0.05) is 22.1 Å². The molecule has 1 aromatic heterocycles. The number of nitrogens with zero attached hydrogens (tertiary/aromatic N) is 1. The second kappa shape index (κ2) is 5.81. The fraction of sp³-hybridized carbons (Fsp3) is 0.0500. The average molecular weight is 318 g/mol. The fourth-order valence-corrected chi connectivity index (χ4v) is 3.04. The molecule has 118 valence electrons. The SMILES string of the molecule is COc1ccc(-c2[nH]ncc2-c2ccccc2F)c2ccccc12. The van der Waals surface area contributed by atoms with Crippen LogP contribution in [0.1, 0.15) is 0 Å². The Labute approximate surface area is 138 Å². The Morgan fingerprint density at radius 3 is 2.38 bits per heavy atom. The first-order valence-corrected chi connectivity index (χ1v) is 7.64. The molecule has 4 aromatic rings. The lowest BCUT2D eigenvalue weighted by atomic mass is 9.96. The van der Waals surface area contributed by atoms with Crippen molar-refractivity contribution < 1.29 is 9.13 Å². The third-order valence-corrected chi connectivity index (χ3v) is 4.18. The normalized spacial score (nSPS) is 10.9. The Bertz CT molecular complexity index is 1020. The molecular formula is C20H15FN2O. The molecular weight excluding hydrogens is 303 g/mol. The summed E-state index contributed by atoms with van der Waals surface area (Å²) in [5.74, 6) is 0.541. The maximum Gasteiger partial charge on any atom is 0.131 e. The van der Waals surface area contributed by atoms with Gasteiger partial charge in [-0.1, -0.05) is 42.5 Å². The number of rotatable bonds is 3. The molecule has 0 saturated carbocycles. The van der Waals surface area contributed by atoms with Gasteiger partial charge in [0.2, 0.25) is 0 Å². The highest BCUT2D eigenvalue weighted by Gasteiger charge is 2.16. The molecule has 0 aliphatic rings. The summed E-state index contributed by atoms with van der Waals surface area (Å²) in [4.78, 5) is 0. The number of fused-ring (bicyclic) bond motifs is 1. The standard InChI is InChI=1S/C20H15FN2O/c1-24-19-11-10-16(13-6-2-3-8-15(13)19)20-17(12-22-23-20)14-7-4-5-9-18(14)21/h2-12H,1H3,(H,22,23). The van der Waals surface area contributed by atoms with Gasteiger partial charge in [0.15, 0.2) is 0 Å². The van der Waals surface area contributed by atoms with Gasteiger partial charge in [-0.3, -0.25) is 5.10 Å². The quantitative estimate of drug-likeness (QED) is 0.574. The molecule has 3 aromatic carbocycles. The number of H-pyrrole nitrogens is 1. The van der Waals surface area contributed by atoms with Crippen molar-refractivity contribution in [3.05, 3.63) is 72.7 Å². The van der Waals surface area contributed by atoms with E-state index in [1.165, 1.54) is 6.07 Å². The molecule has 1 N–H and O–H groups in total. The van der Waals surface area contributed by atoms with Crippen LogP contribution in [0.3, 0.4) is 0 Å². The van der Waals surface area contributed by atoms with Gasteiger partial charge in [-0.05, 0) is 23.6 Å². The van der Waals surface area contributed by atoms with Crippen LogP contribution in [0.5, 0.6) is 5.75 Å². The van der Waals surface area contributed by atoms with Crippen molar-refractivity contribution in [2.24, 2.45) is 0 Å². The molecule has 24 heavy (non-hydrogen) atoms. The minimum absolute atomic E-state index is 0.266. The number of benzene rings is 3. The highest BCUT2D eigenvalue weighted by Crippen LogP contribution is 2.38. The lowest BCUT2D eigenvalue weighted by Gasteiger charge is -2.11. The van der Waals surface area contributed by atoms with E-state index in [1.54, 1.807) is 25.4 Å². The number of ether oxygens (including phenoxy) is 1. The van der Waals surface area contributed by atoms with Gasteiger partial charge >= 0.3 is 0 Å². The fourth-order valence-electron chi connectivity index (χ4n) is 3.04. The average Bonchev–Trinajstić information content (AvgIpc) is 3.10. The van der Waals surface area contributed by atoms with E-state index in [0.29, 0.717) is 5.56 Å². The molecule has 0 saturated heterocycles. The topological polar surface area (TPSA) is 37.9 Å². The van der Waals surface area contributed by atoms with Crippen molar-refractivity contribution in [1.82, 2.24) is 10.2 Å². The highest BCUT2D eigenvalue weighted by molar-refractivity contribution is 6.02. The van der Waals surface area contributed by atoms with Crippen molar-refractivity contribution in [3.8, 4) is 28.1 Å². The van der Waals surface area contributed by atoms with Crippen LogP contribution in [0.4, 0.5) is 4.39 Å². The summed E-state index contributed by atoms with van der Waals surface area (Å²) >= 11 is 0. The number of nitrogens with one attached hydrogen (secondary N) is 1. The maximum atomic E-state index is 14.2. The number of halogens is 1. The van der Waals surface area contributed by atoms with Gasteiger partial charge < -0.3 is 4.74 Å². The Balaban J connectivity index is 1.98. The lowest BCUT2D eigenvalue weighted by molar-refractivity contribution is 0.420. The molecule has 4 rings (SSSR count). The van der Waals surface area contributed by atoms with E-state index in [0.717, 1.165) is 33.3 Å². The van der Waals surface area contributed by atoms with Crippen LogP contribution in [0.25, 0.3) is 33.2 Å². The van der Waals surface area contributed by atoms with Gasteiger partial charge in [0.25, 0.3) is 0 Å². The van der Waals surface area contributed by atoms with E-state index in [2.05, 4.69) is 10.2 Å². The molecule has 0 aliphatic heterocycles. The Morgan fingerprint density at radius 2 is 1.58 bits per heavy atom. The Kier molecular flexibility index (Phi) is 3.50. The zero-order chi connectivity index (χ0) is 16.5. The van der Waals surface area contributed by atoms with E-state index in [9.17, 15) is 4.39 Å². The van der Waals surface area contributed by atoms with E-state index in [-0.39, 0.29) is 5.82 Å². The number of hydrogen-bond donors (Lipinski definition) is 1. The summed E-state index contributed by atoms with van der Waals surface area (Å²) in [7, 11) is 1.66. The second-order valence-electron chi connectivity index (χ2n) is 5.50. The van der Waals surface area contributed by atoms with E-state index < -0.39 is 0 Å². The predicted molar refractivity (Wildman–Crippen MR) is 93.5 cm³/mol. The minimum Gasteiger partial charge on any atom is -0.496 e. The summed E-state index contributed by atoms with van der Waals surface area (Å²) in [5.41, 5.74) is 3.02. The first-order chi connectivity index (χ1) is 11.8. The summed E-state index contributed by atoms with van der Waals surface area (Å²) in [6, 6.07) is 18.6. The summed E-state index contributed by atoms with van der Waals surface area (Å²) in [6.45, 7) is 0. The molecule has 0 bridgehead atoms. The monoisotopic (exact) mass is 318 g/mol. The Hall–Kier alpha value is -3.14. The van der Waals surface area contributed by atoms with Crippen LogP contribution in [-0.2, 0) is 0 Å². The molecule has 4 heteroatoms. The van der Waals surface area contributed by atoms with E-state index >= 15 is 0 Å². The number of aromatic amines is 1. The highest BCUT2D eigenvalue weighted by atomic mass is 19.1. The van der Waals surface area contributed by atoms with Crippen LogP contribution in [0.2, 0.25) is 0 Å². The summed E-state index contributed by atoms with van der Waals surface area (Å²) in [5, 5.41) is 9.20. The van der Waals surface area contributed by atoms with Crippen LogP contribution in [0.15, 0.2) is 66.9 Å². The zero-order valence-corrected chi connectivity index (χ0v) is 13.1. The summed E-state index contributed by atoms with van der Waals surface area (Å²) < 4.78 is 19.7. The first kappa shape index (κ1) is 14.5. The zero-order valence-electron chi connectivity index (χ0n) is 13.1. The van der Waals surface area contributed by atoms with Crippen LogP contribution in [-0.4, -0.2) is 17.3 Å². The number of hydrogen-bond acceptors (Lipinski definition) is 2. The van der Waals surface area contributed by atoms with Gasteiger partial charge in [0.1, 0.15) is 11.6 Å². The largest absolute Gasteiger partial charge is 0.496 e. The van der Waals surface area contributed by atoms with Crippen LogP contribution >= 0.6 is 0 Å². The second-order valence-corrected chi connectivity index (χ2v) is 5.50. The molecule has 0 aliphatic carbocycles. The Morgan fingerprint density at radius 1 is 0.833 bits per heavy atom. The smallest absolute Gasteiger partial charge is 0.131 e. The molecule has 1 heterocycles. The van der Waals surface area contributed by atoms with Gasteiger partial charge in [0.05, 0.1) is 19.0 Å². The molecule has 0 unspecified atom stereocenters. The first-order valence-electron chi connectivity index (χ1n) is 7.64. The molecule has 0 amide bonds. The van der Waals surface area contributed by atoms with Gasteiger partial charge in [-0.25, -0.2) is 4.39 Å². The molecule has 0 fully saturated rings. The van der Waals surface area contributed by atoms with Crippen molar-refractivity contribution in [1.29, 1.82) is 0 Å². The molecule has 3 nitrogen and oxygen atoms in total. The van der Waals surface area contributed by atoms with Crippen molar-refractivity contribution in [3.63, 3.8) is 0 Å². The van der Waals surface area contributed by atoms with Crippen LogP contribution < -0.4 is 4.74 Å². The predicted octanol–water partition coefficient (Wildman–Crippen LogP) is 5.04. The third-order valence-electron chi connectivity index (χ3n) is 4.18. The van der Waals surface area contributed by atoms with E-state index in [4.69, 9.17) is 4.74 Å². The van der Waals surface area contributed by atoms with Crippen LogP contribution in [0, 0.1) is 5.82 Å². The lowest BCUT2D eigenvalue weighted by Crippen LogP contribution is -1.90. The van der Waals surface area contributed by atoms with Gasteiger partial charge in [-0.2, -0.15) is 5.10 Å². The molecule has 0 atom stereocenters. The molecule has 0 radical (unpaired) electrons. The number of aromatic nitrogens is 2. The summed E-state index contributed by atoms with van der Waals surface area (Å²) in [6.07, 6.45) is 1.66. The number of methoxy groups -OCH3 is 1. The third kappa shape index (κ3) is 2.24. The minimum atomic E-state index is -0.266. The van der Waals surface area contributed by atoms with Crippen molar-refractivity contribution in [2.75, 3.05) is 7.11 Å².